The predicted molar refractivity (Wildman–Crippen MR) is 116 cm³/mol. The van der Waals surface area contributed by atoms with E-state index in [1.54, 1.807) is 24.3 Å². The molecule has 0 saturated carbocycles. The number of ether oxygens (including phenoxy) is 1. The van der Waals surface area contributed by atoms with Gasteiger partial charge in [-0.3, -0.25) is 9.36 Å². The summed E-state index contributed by atoms with van der Waals surface area (Å²) in [7, 11) is 0. The van der Waals surface area contributed by atoms with E-state index in [-0.39, 0.29) is 23.4 Å². The molecular weight excluding hydrogens is 401 g/mol. The lowest BCUT2D eigenvalue weighted by Gasteiger charge is -2.12. The van der Waals surface area contributed by atoms with E-state index in [9.17, 15) is 9.18 Å². The number of para-hydroxylation sites is 1. The van der Waals surface area contributed by atoms with E-state index < -0.39 is 5.82 Å². The van der Waals surface area contributed by atoms with Crippen LogP contribution in [0.3, 0.4) is 0 Å². The number of halogens is 1. The number of hydrogen-bond donors (Lipinski definition) is 0. The fourth-order valence-corrected chi connectivity index (χ4v) is 3.84. The summed E-state index contributed by atoms with van der Waals surface area (Å²) in [6.45, 7) is 8.22. The normalized spacial score (nSPS) is 11.8. The Labute approximate surface area is 180 Å². The molecule has 0 bridgehead atoms. The zero-order valence-electron chi connectivity index (χ0n) is 17.0. The maximum atomic E-state index is 13.8. The number of allylic oxidation sites excluding steroid dienone is 1. The van der Waals surface area contributed by atoms with Crippen LogP contribution in [0, 0.1) is 5.82 Å². The summed E-state index contributed by atoms with van der Waals surface area (Å²) in [6.07, 6.45) is 2.65. The molecule has 156 valence electrons. The monoisotopic (exact) mass is 425 g/mol. The zero-order valence-corrected chi connectivity index (χ0v) is 17.9. The van der Waals surface area contributed by atoms with E-state index in [0.29, 0.717) is 23.1 Å². The average molecular weight is 426 g/mol. The molecule has 0 aliphatic rings. The highest BCUT2D eigenvalue weighted by Crippen LogP contribution is 2.26. The second-order valence-corrected chi connectivity index (χ2v) is 8.00. The molecule has 30 heavy (non-hydrogen) atoms. The van der Waals surface area contributed by atoms with Gasteiger partial charge in [-0.25, -0.2) is 4.39 Å². The van der Waals surface area contributed by atoms with E-state index in [1.165, 1.54) is 23.4 Å². The van der Waals surface area contributed by atoms with Gasteiger partial charge in [0.2, 0.25) is 0 Å². The van der Waals surface area contributed by atoms with E-state index in [2.05, 4.69) is 23.7 Å². The maximum Gasteiger partial charge on any atom is 0.192 e. The van der Waals surface area contributed by atoms with Crippen LogP contribution in [0.15, 0.2) is 66.3 Å². The zero-order chi connectivity index (χ0) is 21.5. The molecule has 0 amide bonds. The van der Waals surface area contributed by atoms with Crippen molar-refractivity contribution in [3.05, 3.63) is 84.0 Å². The molecule has 1 heterocycles. The van der Waals surface area contributed by atoms with Gasteiger partial charge in [0.15, 0.2) is 28.3 Å². The Morgan fingerprint density at radius 1 is 1.23 bits per heavy atom. The molecule has 3 aromatic rings. The second-order valence-electron chi connectivity index (χ2n) is 6.69. The lowest BCUT2D eigenvalue weighted by atomic mass is 10.1. The number of carbonyl (C=O) groups excluding carboxylic acids is 1. The van der Waals surface area contributed by atoms with Crippen molar-refractivity contribution >= 4 is 17.5 Å². The summed E-state index contributed by atoms with van der Waals surface area (Å²) in [5, 5.41) is 8.64. The van der Waals surface area contributed by atoms with Gasteiger partial charge in [0.25, 0.3) is 0 Å². The van der Waals surface area contributed by atoms with Gasteiger partial charge in [0.1, 0.15) is 6.61 Å². The van der Waals surface area contributed by atoms with Crippen molar-refractivity contribution in [3.8, 4) is 5.75 Å². The number of ketones is 1. The van der Waals surface area contributed by atoms with Crippen LogP contribution in [0.2, 0.25) is 0 Å². The number of carbonyl (C=O) groups is 1. The van der Waals surface area contributed by atoms with Crippen molar-refractivity contribution in [3.63, 3.8) is 0 Å². The molecule has 3 rings (SSSR count). The SMILES string of the molecule is C=CCn1c(COc2ccccc2F)nnc1SC(C)C(=O)c1ccc(CC)cc1. The largest absolute Gasteiger partial charge is 0.483 e. The Morgan fingerprint density at radius 3 is 2.63 bits per heavy atom. The number of benzene rings is 2. The topological polar surface area (TPSA) is 57.0 Å². The summed E-state index contributed by atoms with van der Waals surface area (Å²) in [5.41, 5.74) is 1.86. The number of aromatic nitrogens is 3. The third-order valence-electron chi connectivity index (χ3n) is 4.60. The first-order chi connectivity index (χ1) is 14.5. The number of hydrogen-bond acceptors (Lipinski definition) is 5. The van der Waals surface area contributed by atoms with Gasteiger partial charge >= 0.3 is 0 Å². The van der Waals surface area contributed by atoms with Crippen molar-refractivity contribution in [2.45, 2.75) is 43.8 Å². The lowest BCUT2D eigenvalue weighted by Crippen LogP contribution is -2.15. The Balaban J connectivity index is 1.72. The first-order valence-electron chi connectivity index (χ1n) is 9.73. The van der Waals surface area contributed by atoms with Gasteiger partial charge in [0.05, 0.1) is 5.25 Å². The summed E-state index contributed by atoms with van der Waals surface area (Å²) in [5.74, 6) is 0.279. The van der Waals surface area contributed by atoms with Crippen LogP contribution in [-0.2, 0) is 19.6 Å². The minimum atomic E-state index is -0.435. The minimum absolute atomic E-state index is 0.0277. The molecular formula is C23H24FN3O2S. The first kappa shape index (κ1) is 21.8. The minimum Gasteiger partial charge on any atom is -0.483 e. The van der Waals surface area contributed by atoms with Gasteiger partial charge in [-0.1, -0.05) is 61.2 Å². The van der Waals surface area contributed by atoms with Crippen LogP contribution in [0.4, 0.5) is 4.39 Å². The number of rotatable bonds is 10. The van der Waals surface area contributed by atoms with Gasteiger partial charge < -0.3 is 4.74 Å². The number of Topliss-reactive ketones (excluding diaryl/α,β-unsaturated/α-hetero) is 1. The fourth-order valence-electron chi connectivity index (χ4n) is 2.88. The number of thioether (sulfide) groups is 1. The molecule has 0 N–H and O–H groups in total. The third kappa shape index (κ3) is 5.16. The number of aryl methyl sites for hydroxylation is 1. The Morgan fingerprint density at radius 2 is 1.97 bits per heavy atom. The Bertz CT molecular complexity index is 1020. The highest BCUT2D eigenvalue weighted by atomic mass is 32.2. The van der Waals surface area contributed by atoms with Crippen molar-refractivity contribution < 1.29 is 13.9 Å². The van der Waals surface area contributed by atoms with Crippen molar-refractivity contribution in [2.24, 2.45) is 0 Å². The smallest absolute Gasteiger partial charge is 0.192 e. The van der Waals surface area contributed by atoms with Crippen molar-refractivity contribution in [1.82, 2.24) is 14.8 Å². The standard InChI is InChI=1S/C23H24FN3O2S/c1-4-14-27-21(15-29-20-9-7-6-8-19(20)24)25-26-23(27)30-16(3)22(28)18-12-10-17(5-2)11-13-18/h4,6-13,16H,1,5,14-15H2,2-3H3. The maximum absolute atomic E-state index is 13.8. The summed E-state index contributed by atoms with van der Waals surface area (Å²) >= 11 is 1.33. The summed E-state index contributed by atoms with van der Waals surface area (Å²) < 4.78 is 21.2. The van der Waals surface area contributed by atoms with Crippen LogP contribution in [-0.4, -0.2) is 25.8 Å². The molecule has 0 saturated heterocycles. The Kier molecular flexibility index (Phi) is 7.41. The molecule has 0 aliphatic heterocycles. The molecule has 1 unspecified atom stereocenters. The van der Waals surface area contributed by atoms with Crippen molar-refractivity contribution in [2.75, 3.05) is 0 Å². The summed E-state index contributed by atoms with van der Waals surface area (Å²) in [4.78, 5) is 12.8. The lowest BCUT2D eigenvalue weighted by molar-refractivity contribution is 0.0994. The quantitative estimate of drug-likeness (QED) is 0.257. The van der Waals surface area contributed by atoms with Crippen LogP contribution in [0.1, 0.15) is 35.6 Å². The van der Waals surface area contributed by atoms with Crippen LogP contribution >= 0.6 is 11.8 Å². The van der Waals surface area contributed by atoms with E-state index in [4.69, 9.17) is 4.74 Å². The molecule has 1 atom stereocenters. The van der Waals surface area contributed by atoms with Crippen LogP contribution < -0.4 is 4.74 Å². The molecule has 0 spiro atoms. The third-order valence-corrected chi connectivity index (χ3v) is 5.68. The molecule has 1 aromatic heterocycles. The van der Waals surface area contributed by atoms with Gasteiger partial charge in [-0.05, 0) is 31.0 Å². The predicted octanol–water partition coefficient (Wildman–Crippen LogP) is 5.11. The first-order valence-corrected chi connectivity index (χ1v) is 10.6. The molecule has 0 fully saturated rings. The van der Waals surface area contributed by atoms with E-state index in [0.717, 1.165) is 6.42 Å². The fraction of sp³-hybridized carbons (Fsp3) is 0.261. The van der Waals surface area contributed by atoms with Crippen molar-refractivity contribution in [1.29, 1.82) is 0 Å². The van der Waals surface area contributed by atoms with E-state index >= 15 is 0 Å². The van der Waals surface area contributed by atoms with E-state index in [1.807, 2.05) is 35.8 Å². The molecule has 7 heteroatoms. The average Bonchev–Trinajstić information content (AvgIpc) is 3.14. The van der Waals surface area contributed by atoms with Crippen LogP contribution in [0.25, 0.3) is 0 Å². The molecule has 0 radical (unpaired) electrons. The van der Waals surface area contributed by atoms with Gasteiger partial charge in [-0.2, -0.15) is 0 Å². The molecule has 5 nitrogen and oxygen atoms in total. The number of nitrogens with zero attached hydrogens (tertiary/aromatic N) is 3. The highest BCUT2D eigenvalue weighted by molar-refractivity contribution is 8.00. The second kappa shape index (κ2) is 10.2. The Hall–Kier alpha value is -2.93. The van der Waals surface area contributed by atoms with Gasteiger partial charge in [0, 0.05) is 12.1 Å². The highest BCUT2D eigenvalue weighted by Gasteiger charge is 2.21. The van der Waals surface area contributed by atoms with Crippen LogP contribution in [0.5, 0.6) is 5.75 Å². The molecule has 2 aromatic carbocycles. The molecule has 0 aliphatic carbocycles. The summed E-state index contributed by atoms with van der Waals surface area (Å²) in [6, 6.07) is 13.9. The van der Waals surface area contributed by atoms with Gasteiger partial charge in [-0.15, -0.1) is 16.8 Å².